The standard InChI is InChI=1S/2C24H28FNO5S2/c2*1-4-5-11-24(2)15-26(17-9-7-6-8-10-17)19-12-21(32-3)20(31-14-18(25)23(27)28)13-22(19)33(29,30)16-24/h2*6-10,12-14H,4-5,11,15-16H2,1-3H3,(H,27,28)/b2*18-14-/t2*24-/m10/s1. The minimum Gasteiger partial charge on any atom is -0.476 e. The van der Waals surface area contributed by atoms with Crippen LogP contribution in [0, 0.1) is 10.8 Å². The largest absolute Gasteiger partial charge is 0.476 e. The van der Waals surface area contributed by atoms with Crippen molar-refractivity contribution in [2.75, 3.05) is 46.9 Å². The zero-order valence-corrected chi connectivity index (χ0v) is 41.0. The lowest BCUT2D eigenvalue weighted by molar-refractivity contribution is -0.135. The van der Waals surface area contributed by atoms with Crippen molar-refractivity contribution in [1.29, 1.82) is 0 Å². The molecule has 0 aromatic heterocycles. The number of fused-ring (bicyclic) bond motifs is 2. The van der Waals surface area contributed by atoms with Crippen molar-refractivity contribution in [2.24, 2.45) is 10.8 Å². The van der Waals surface area contributed by atoms with Crippen molar-refractivity contribution in [3.05, 3.63) is 109 Å². The highest BCUT2D eigenvalue weighted by atomic mass is 32.2. The van der Waals surface area contributed by atoms with Crippen molar-refractivity contribution in [3.8, 4) is 11.5 Å². The second-order valence-electron chi connectivity index (χ2n) is 16.9. The summed E-state index contributed by atoms with van der Waals surface area (Å²) >= 11 is 2.60. The fraction of sp³-hybridized carbons (Fsp3) is 0.375. The smallest absolute Gasteiger partial charge is 0.368 e. The molecule has 0 saturated carbocycles. The molecule has 66 heavy (non-hydrogen) atoms. The number of benzene rings is 4. The number of carboxylic acids is 2. The first-order valence-corrected chi connectivity index (χ1v) is 27.0. The maximum atomic E-state index is 13.6. The van der Waals surface area contributed by atoms with Gasteiger partial charge in [-0.2, -0.15) is 8.78 Å². The number of thioether (sulfide) groups is 2. The summed E-state index contributed by atoms with van der Waals surface area (Å²) in [6.07, 6.45) is 9.79. The van der Waals surface area contributed by atoms with Crippen LogP contribution in [0.2, 0.25) is 0 Å². The predicted octanol–water partition coefficient (Wildman–Crippen LogP) is 11.6. The maximum Gasteiger partial charge on any atom is 0.368 e. The third kappa shape index (κ3) is 12.7. The van der Waals surface area contributed by atoms with Crippen LogP contribution in [0.4, 0.5) is 31.5 Å². The van der Waals surface area contributed by atoms with Crippen molar-refractivity contribution in [2.45, 2.75) is 85.8 Å². The fourth-order valence-corrected chi connectivity index (χ4v) is 13.3. The first-order chi connectivity index (χ1) is 31.2. The Hall–Kier alpha value is -5.04. The van der Waals surface area contributed by atoms with Crippen molar-refractivity contribution in [3.63, 3.8) is 0 Å². The molecule has 6 rings (SSSR count). The van der Waals surface area contributed by atoms with Crippen LogP contribution >= 0.6 is 23.5 Å². The molecular formula is C48H56F2N2O10S4. The van der Waals surface area contributed by atoms with Gasteiger partial charge in [0.15, 0.2) is 19.7 Å². The van der Waals surface area contributed by atoms with E-state index in [1.54, 1.807) is 24.6 Å². The topological polar surface area (TPSA) is 168 Å². The minimum atomic E-state index is -3.72. The molecule has 2 atom stereocenters. The summed E-state index contributed by atoms with van der Waals surface area (Å²) in [4.78, 5) is 26.9. The van der Waals surface area contributed by atoms with E-state index < -0.39 is 54.1 Å². The van der Waals surface area contributed by atoms with Crippen LogP contribution in [-0.2, 0) is 29.3 Å². The molecule has 4 aromatic carbocycles. The number of para-hydroxylation sites is 2. The van der Waals surface area contributed by atoms with Crippen LogP contribution in [0.15, 0.2) is 129 Å². The number of anilines is 4. The first kappa shape index (κ1) is 51.9. The van der Waals surface area contributed by atoms with Gasteiger partial charge in [0.05, 0.1) is 42.5 Å². The Labute approximate surface area is 394 Å². The number of hydrogen-bond donors (Lipinski definition) is 2. The van der Waals surface area contributed by atoms with Crippen LogP contribution in [0.25, 0.3) is 0 Å². The van der Waals surface area contributed by atoms with E-state index in [4.69, 9.17) is 19.7 Å². The molecule has 0 saturated heterocycles. The third-order valence-electron chi connectivity index (χ3n) is 11.3. The molecule has 356 valence electrons. The van der Waals surface area contributed by atoms with Gasteiger partial charge in [0.2, 0.25) is 11.7 Å². The number of carboxylic acid groups (broad SMARTS) is 2. The summed E-state index contributed by atoms with van der Waals surface area (Å²) in [5.41, 5.74) is 1.83. The van der Waals surface area contributed by atoms with Crippen LogP contribution in [0.1, 0.15) is 66.2 Å². The van der Waals surface area contributed by atoms with Gasteiger partial charge in [0, 0.05) is 36.6 Å². The van der Waals surface area contributed by atoms with E-state index >= 15 is 0 Å². The maximum absolute atomic E-state index is 13.6. The van der Waals surface area contributed by atoms with Crippen molar-refractivity contribution < 1.29 is 54.9 Å². The van der Waals surface area contributed by atoms with E-state index in [-0.39, 0.29) is 32.8 Å². The van der Waals surface area contributed by atoms with Crippen LogP contribution in [0.3, 0.4) is 0 Å². The molecule has 0 fully saturated rings. The molecule has 2 N–H and O–H groups in total. The third-order valence-corrected chi connectivity index (χ3v) is 17.0. The number of rotatable bonds is 16. The van der Waals surface area contributed by atoms with E-state index in [9.17, 15) is 35.2 Å². The zero-order chi connectivity index (χ0) is 48.5. The van der Waals surface area contributed by atoms with E-state index in [1.807, 2.05) is 84.3 Å². The Morgan fingerprint density at radius 1 is 0.652 bits per heavy atom. The molecule has 12 nitrogen and oxygen atoms in total. The summed E-state index contributed by atoms with van der Waals surface area (Å²) in [7, 11) is -7.44. The highest BCUT2D eigenvalue weighted by molar-refractivity contribution is 7.99. The SMILES string of the molecule is CCCC[C@@]1(C)CN(c2ccccc2)c2cc(SC)c(O/C=C(\F)C(=O)O)cc2S(=O)(=O)C1.CCCC[C@]1(C)CN(c2ccccc2)c2cc(SC)c(O/C=C(\F)C(=O)O)cc2S(=O)(=O)C1. The molecule has 0 amide bonds. The normalized spacial score (nSPS) is 20.1. The van der Waals surface area contributed by atoms with Crippen molar-refractivity contribution in [1.82, 2.24) is 0 Å². The average Bonchev–Trinajstić information content (AvgIpc) is 3.44. The lowest BCUT2D eigenvalue weighted by atomic mass is 9.86. The second kappa shape index (κ2) is 22.2. The Kier molecular flexibility index (Phi) is 17.4. The quantitative estimate of drug-likeness (QED) is 0.0618. The van der Waals surface area contributed by atoms with E-state index in [2.05, 4.69) is 13.8 Å². The summed E-state index contributed by atoms with van der Waals surface area (Å²) in [5, 5.41) is 17.5. The molecule has 0 bridgehead atoms. The van der Waals surface area contributed by atoms with Gasteiger partial charge in [-0.3, -0.25) is 0 Å². The van der Waals surface area contributed by atoms with E-state index in [0.717, 1.165) is 49.9 Å². The number of aliphatic carboxylic acids is 2. The van der Waals surface area contributed by atoms with Gasteiger partial charge in [0.25, 0.3) is 0 Å². The Balaban J connectivity index is 0.000000247. The Morgan fingerprint density at radius 3 is 1.30 bits per heavy atom. The molecule has 18 heteroatoms. The number of nitrogens with zero attached hydrogens (tertiary/aromatic N) is 2. The van der Waals surface area contributed by atoms with Gasteiger partial charge in [-0.25, -0.2) is 26.4 Å². The Bertz CT molecular complexity index is 2480. The molecule has 2 heterocycles. The number of ether oxygens (including phenoxy) is 2. The number of sulfone groups is 2. The molecule has 0 radical (unpaired) electrons. The van der Waals surface area contributed by atoms with Crippen LogP contribution < -0.4 is 19.3 Å². The number of unbranched alkanes of at least 4 members (excludes halogenated alkanes) is 2. The molecule has 0 spiro atoms. The van der Waals surface area contributed by atoms with Gasteiger partial charge < -0.3 is 29.5 Å². The summed E-state index contributed by atoms with van der Waals surface area (Å²) in [6, 6.07) is 25.4. The fourth-order valence-electron chi connectivity index (χ4n) is 8.10. The first-order valence-electron chi connectivity index (χ1n) is 21.3. The monoisotopic (exact) mass is 986 g/mol. The zero-order valence-electron chi connectivity index (χ0n) is 37.8. The molecule has 2 aliphatic heterocycles. The molecule has 0 unspecified atom stereocenters. The van der Waals surface area contributed by atoms with E-state index in [1.165, 1.54) is 35.7 Å². The van der Waals surface area contributed by atoms with E-state index in [0.29, 0.717) is 46.8 Å². The molecule has 0 aliphatic carbocycles. The number of halogens is 2. The number of hydrogen-bond acceptors (Lipinski definition) is 12. The Morgan fingerprint density at radius 2 is 1.00 bits per heavy atom. The highest BCUT2D eigenvalue weighted by Gasteiger charge is 2.42. The minimum absolute atomic E-state index is 0.0340. The lowest BCUT2D eigenvalue weighted by Gasteiger charge is -2.34. The lowest BCUT2D eigenvalue weighted by Crippen LogP contribution is -2.35. The summed E-state index contributed by atoms with van der Waals surface area (Å²) in [5.74, 6) is -6.36. The van der Waals surface area contributed by atoms with Gasteiger partial charge in [-0.05, 0) is 72.6 Å². The van der Waals surface area contributed by atoms with Gasteiger partial charge in [-0.1, -0.05) is 89.8 Å². The predicted molar refractivity (Wildman–Crippen MR) is 258 cm³/mol. The van der Waals surface area contributed by atoms with Crippen LogP contribution in [0.5, 0.6) is 11.5 Å². The molecular weight excluding hydrogens is 931 g/mol. The van der Waals surface area contributed by atoms with Gasteiger partial charge in [0.1, 0.15) is 24.0 Å². The summed E-state index contributed by atoms with van der Waals surface area (Å²) in [6.45, 7) is 9.20. The average molecular weight is 987 g/mol. The number of carbonyl (C=O) groups is 2. The van der Waals surface area contributed by atoms with Crippen molar-refractivity contribution >= 4 is 77.9 Å². The second-order valence-corrected chi connectivity index (χ2v) is 22.5. The summed E-state index contributed by atoms with van der Waals surface area (Å²) < 4.78 is 91.9. The van der Waals surface area contributed by atoms with Gasteiger partial charge >= 0.3 is 11.9 Å². The highest BCUT2D eigenvalue weighted by Crippen LogP contribution is 2.48. The van der Waals surface area contributed by atoms with Gasteiger partial charge in [-0.15, -0.1) is 23.5 Å². The van der Waals surface area contributed by atoms with Crippen LogP contribution in [-0.4, -0.2) is 76.1 Å². The molecule has 2 aliphatic rings. The molecule has 4 aromatic rings.